The Balaban J connectivity index is 3.20. The summed E-state index contributed by atoms with van der Waals surface area (Å²) in [5.74, 6) is -0.440. The Morgan fingerprint density at radius 3 is 2.69 bits per heavy atom. The van der Waals surface area contributed by atoms with E-state index in [9.17, 15) is 4.79 Å². The highest BCUT2D eigenvalue weighted by Crippen LogP contribution is 2.26. The molecule has 0 aromatic heterocycles. The van der Waals surface area contributed by atoms with E-state index in [-0.39, 0.29) is 0 Å². The Kier molecular flexibility index (Phi) is 3.38. The third-order valence-corrected chi connectivity index (χ3v) is 3.30. The Hall–Kier alpha value is -0.490. The standard InChI is InChI=1S/C8H7ClINO2/c1-13-8(12)4-2-5(9)7(10)6(11)3-4/h2-3H,11H2,1H3. The summed E-state index contributed by atoms with van der Waals surface area (Å²) in [5.41, 5.74) is 6.46. The number of benzene rings is 1. The van der Waals surface area contributed by atoms with Crippen molar-refractivity contribution in [3.8, 4) is 0 Å². The van der Waals surface area contributed by atoms with Crippen LogP contribution in [-0.4, -0.2) is 13.1 Å². The Labute approximate surface area is 94.3 Å². The molecule has 0 spiro atoms. The molecule has 5 heteroatoms. The van der Waals surface area contributed by atoms with E-state index in [1.54, 1.807) is 6.07 Å². The second kappa shape index (κ2) is 4.15. The van der Waals surface area contributed by atoms with Crippen molar-refractivity contribution in [2.24, 2.45) is 0 Å². The van der Waals surface area contributed by atoms with Crippen LogP contribution in [0.3, 0.4) is 0 Å². The normalized spacial score (nSPS) is 9.77. The molecule has 0 heterocycles. The first-order valence-electron chi connectivity index (χ1n) is 3.39. The first-order valence-corrected chi connectivity index (χ1v) is 4.84. The molecule has 0 fully saturated rings. The molecule has 1 aromatic rings. The van der Waals surface area contributed by atoms with Crippen LogP contribution >= 0.6 is 34.2 Å². The molecule has 0 aliphatic carbocycles. The van der Waals surface area contributed by atoms with E-state index >= 15 is 0 Å². The Morgan fingerprint density at radius 1 is 1.62 bits per heavy atom. The molecule has 2 N–H and O–H groups in total. The highest BCUT2D eigenvalue weighted by Gasteiger charge is 2.10. The number of carbonyl (C=O) groups is 1. The number of methoxy groups -OCH3 is 1. The molecule has 1 aromatic carbocycles. The predicted octanol–water partition coefficient (Wildman–Crippen LogP) is 2.31. The largest absolute Gasteiger partial charge is 0.465 e. The number of halogens is 2. The summed E-state index contributed by atoms with van der Waals surface area (Å²) in [6, 6.07) is 3.07. The number of anilines is 1. The summed E-state index contributed by atoms with van der Waals surface area (Å²) >= 11 is 7.84. The SMILES string of the molecule is COC(=O)c1cc(N)c(I)c(Cl)c1. The molecule has 0 radical (unpaired) electrons. The smallest absolute Gasteiger partial charge is 0.337 e. The van der Waals surface area contributed by atoms with Crippen LogP contribution in [0.15, 0.2) is 12.1 Å². The van der Waals surface area contributed by atoms with Crippen LogP contribution in [0.25, 0.3) is 0 Å². The van der Waals surface area contributed by atoms with Crippen molar-refractivity contribution in [2.45, 2.75) is 0 Å². The van der Waals surface area contributed by atoms with Crippen LogP contribution in [0.5, 0.6) is 0 Å². The average Bonchev–Trinajstić information content (AvgIpc) is 2.12. The van der Waals surface area contributed by atoms with Gasteiger partial charge in [0.2, 0.25) is 0 Å². The fraction of sp³-hybridized carbons (Fsp3) is 0.125. The molecule has 0 aliphatic heterocycles. The van der Waals surface area contributed by atoms with Crippen molar-refractivity contribution >= 4 is 45.8 Å². The van der Waals surface area contributed by atoms with E-state index in [1.807, 2.05) is 22.6 Å². The maximum Gasteiger partial charge on any atom is 0.337 e. The summed E-state index contributed by atoms with van der Waals surface area (Å²) in [7, 11) is 1.31. The van der Waals surface area contributed by atoms with Gasteiger partial charge >= 0.3 is 5.97 Å². The molecule has 13 heavy (non-hydrogen) atoms. The van der Waals surface area contributed by atoms with Crippen molar-refractivity contribution in [1.82, 2.24) is 0 Å². The fourth-order valence-electron chi connectivity index (χ4n) is 0.846. The van der Waals surface area contributed by atoms with E-state index in [2.05, 4.69) is 4.74 Å². The molecular weight excluding hydrogens is 304 g/mol. The summed E-state index contributed by atoms with van der Waals surface area (Å²) in [4.78, 5) is 11.1. The summed E-state index contributed by atoms with van der Waals surface area (Å²) < 4.78 is 5.27. The van der Waals surface area contributed by atoms with Crippen LogP contribution in [0.2, 0.25) is 5.02 Å². The van der Waals surface area contributed by atoms with Crippen molar-refractivity contribution in [3.05, 3.63) is 26.3 Å². The number of carbonyl (C=O) groups excluding carboxylic acids is 1. The van der Waals surface area contributed by atoms with Gasteiger partial charge in [-0.25, -0.2) is 4.79 Å². The number of esters is 1. The van der Waals surface area contributed by atoms with Gasteiger partial charge in [-0.15, -0.1) is 0 Å². The van der Waals surface area contributed by atoms with E-state index < -0.39 is 5.97 Å². The van der Waals surface area contributed by atoms with Crippen molar-refractivity contribution in [3.63, 3.8) is 0 Å². The molecule has 0 bridgehead atoms. The van der Waals surface area contributed by atoms with Gasteiger partial charge in [0.05, 0.1) is 21.3 Å². The lowest BCUT2D eigenvalue weighted by Crippen LogP contribution is -2.03. The second-order valence-corrected chi connectivity index (χ2v) is 3.84. The summed E-state index contributed by atoms with van der Waals surface area (Å²) in [6.45, 7) is 0. The number of hydrogen-bond donors (Lipinski definition) is 1. The van der Waals surface area contributed by atoms with E-state index in [1.165, 1.54) is 13.2 Å². The molecule has 70 valence electrons. The van der Waals surface area contributed by atoms with Gasteiger partial charge in [0, 0.05) is 5.69 Å². The van der Waals surface area contributed by atoms with Gasteiger partial charge in [-0.05, 0) is 34.7 Å². The molecule has 0 saturated carbocycles. The fourth-order valence-corrected chi connectivity index (χ4v) is 1.38. The van der Waals surface area contributed by atoms with Crippen LogP contribution in [-0.2, 0) is 4.74 Å². The predicted molar refractivity (Wildman–Crippen MR) is 59.9 cm³/mol. The lowest BCUT2D eigenvalue weighted by Gasteiger charge is -2.04. The zero-order valence-electron chi connectivity index (χ0n) is 6.80. The van der Waals surface area contributed by atoms with E-state index in [0.717, 1.165) is 3.57 Å². The number of rotatable bonds is 1. The topological polar surface area (TPSA) is 52.3 Å². The number of ether oxygens (including phenoxy) is 1. The first kappa shape index (κ1) is 10.6. The average molecular weight is 312 g/mol. The molecular formula is C8H7ClINO2. The first-order chi connectivity index (χ1) is 6.06. The highest BCUT2D eigenvalue weighted by molar-refractivity contribution is 14.1. The molecule has 0 aliphatic rings. The molecule has 0 unspecified atom stereocenters. The third-order valence-electron chi connectivity index (χ3n) is 1.48. The van der Waals surface area contributed by atoms with Crippen molar-refractivity contribution in [1.29, 1.82) is 0 Å². The van der Waals surface area contributed by atoms with E-state index in [4.69, 9.17) is 17.3 Å². The maximum absolute atomic E-state index is 11.1. The maximum atomic E-state index is 11.1. The summed E-state index contributed by atoms with van der Waals surface area (Å²) in [5, 5.41) is 0.459. The zero-order chi connectivity index (χ0) is 10.0. The monoisotopic (exact) mass is 311 g/mol. The van der Waals surface area contributed by atoms with Gasteiger partial charge in [0.15, 0.2) is 0 Å². The molecule has 0 atom stereocenters. The lowest BCUT2D eigenvalue weighted by molar-refractivity contribution is 0.0601. The number of nitrogens with two attached hydrogens (primary N) is 1. The second-order valence-electron chi connectivity index (χ2n) is 2.35. The van der Waals surface area contributed by atoms with Crippen molar-refractivity contribution in [2.75, 3.05) is 12.8 Å². The Bertz CT molecular complexity index is 331. The van der Waals surface area contributed by atoms with E-state index in [0.29, 0.717) is 16.3 Å². The lowest BCUT2D eigenvalue weighted by atomic mass is 10.2. The minimum Gasteiger partial charge on any atom is -0.465 e. The van der Waals surface area contributed by atoms with Crippen molar-refractivity contribution < 1.29 is 9.53 Å². The number of hydrogen-bond acceptors (Lipinski definition) is 3. The highest BCUT2D eigenvalue weighted by atomic mass is 127. The Morgan fingerprint density at radius 2 is 2.23 bits per heavy atom. The molecule has 0 amide bonds. The van der Waals surface area contributed by atoms with Gasteiger partial charge in [-0.3, -0.25) is 0 Å². The minimum absolute atomic E-state index is 0.366. The molecule has 1 rings (SSSR count). The van der Waals surface area contributed by atoms with Crippen LogP contribution in [0.4, 0.5) is 5.69 Å². The minimum atomic E-state index is -0.440. The van der Waals surface area contributed by atoms with Gasteiger partial charge in [-0.1, -0.05) is 11.6 Å². The van der Waals surface area contributed by atoms with Crippen LogP contribution < -0.4 is 5.73 Å². The van der Waals surface area contributed by atoms with Crippen LogP contribution in [0.1, 0.15) is 10.4 Å². The van der Waals surface area contributed by atoms with Gasteiger partial charge in [0.1, 0.15) is 0 Å². The zero-order valence-corrected chi connectivity index (χ0v) is 9.72. The molecule has 3 nitrogen and oxygen atoms in total. The summed E-state index contributed by atoms with van der Waals surface area (Å²) in [6.07, 6.45) is 0. The molecule has 0 saturated heterocycles. The quantitative estimate of drug-likeness (QED) is 0.492. The van der Waals surface area contributed by atoms with Gasteiger partial charge < -0.3 is 10.5 Å². The van der Waals surface area contributed by atoms with Gasteiger partial charge in [-0.2, -0.15) is 0 Å². The van der Waals surface area contributed by atoms with Crippen LogP contribution in [0, 0.1) is 3.57 Å². The third kappa shape index (κ3) is 2.25. The van der Waals surface area contributed by atoms with Gasteiger partial charge in [0.25, 0.3) is 0 Å². The number of nitrogen functional groups attached to an aromatic ring is 1.